The Kier molecular flexibility index (Phi) is 3.64. The van der Waals surface area contributed by atoms with Gasteiger partial charge in [-0.15, -0.1) is 0 Å². The van der Waals surface area contributed by atoms with E-state index in [1.54, 1.807) is 6.07 Å². The second-order valence-corrected chi connectivity index (χ2v) is 8.61. The van der Waals surface area contributed by atoms with Crippen LogP contribution in [-0.2, 0) is 13.0 Å². The summed E-state index contributed by atoms with van der Waals surface area (Å²) in [6, 6.07) is 12.3. The number of rotatable bonds is 2. The van der Waals surface area contributed by atoms with E-state index in [1.807, 2.05) is 12.1 Å². The molecular formula is C25H24N2O2. The second-order valence-electron chi connectivity index (χ2n) is 8.61. The van der Waals surface area contributed by atoms with Crippen molar-refractivity contribution in [2.45, 2.75) is 51.0 Å². The molecule has 0 bridgehead atoms. The minimum atomic E-state index is -0.873. The Morgan fingerprint density at radius 1 is 1.07 bits per heavy atom. The van der Waals surface area contributed by atoms with Gasteiger partial charge in [0, 0.05) is 45.8 Å². The minimum Gasteiger partial charge on any atom is -0.478 e. The van der Waals surface area contributed by atoms with Gasteiger partial charge in [0.15, 0.2) is 0 Å². The number of nitrogens with zero attached hydrogens (tertiary/aromatic N) is 1. The van der Waals surface area contributed by atoms with Crippen LogP contribution in [0.5, 0.6) is 0 Å². The van der Waals surface area contributed by atoms with Gasteiger partial charge in [0.25, 0.3) is 0 Å². The Labute approximate surface area is 169 Å². The number of aromatic carboxylic acids is 1. The third-order valence-electron chi connectivity index (χ3n) is 7.03. The maximum atomic E-state index is 11.5. The molecule has 1 aliphatic heterocycles. The highest BCUT2D eigenvalue weighted by molar-refractivity contribution is 6.03. The van der Waals surface area contributed by atoms with Crippen LogP contribution in [0.4, 0.5) is 0 Å². The Bertz CT molecular complexity index is 1270. The molecule has 2 N–H and O–H groups in total. The van der Waals surface area contributed by atoms with Gasteiger partial charge in [-0.05, 0) is 54.5 Å². The van der Waals surface area contributed by atoms with Gasteiger partial charge in [-0.25, -0.2) is 4.79 Å². The lowest BCUT2D eigenvalue weighted by molar-refractivity contribution is 0.0697. The lowest BCUT2D eigenvalue weighted by Gasteiger charge is -2.23. The third-order valence-corrected chi connectivity index (χ3v) is 7.03. The highest BCUT2D eigenvalue weighted by atomic mass is 16.4. The van der Waals surface area contributed by atoms with E-state index in [2.05, 4.69) is 33.9 Å². The van der Waals surface area contributed by atoms with E-state index in [4.69, 9.17) is 0 Å². The molecule has 1 aliphatic carbocycles. The number of benzene rings is 2. The molecule has 0 spiro atoms. The summed E-state index contributed by atoms with van der Waals surface area (Å²) < 4.78 is 2.30. The first-order valence-corrected chi connectivity index (χ1v) is 10.7. The zero-order chi connectivity index (χ0) is 19.5. The molecule has 29 heavy (non-hydrogen) atoms. The summed E-state index contributed by atoms with van der Waals surface area (Å²) in [5, 5.41) is 11.9. The van der Waals surface area contributed by atoms with Crippen molar-refractivity contribution in [3.05, 3.63) is 59.3 Å². The van der Waals surface area contributed by atoms with Gasteiger partial charge >= 0.3 is 5.97 Å². The molecule has 2 aliphatic rings. The monoisotopic (exact) mass is 384 g/mol. The van der Waals surface area contributed by atoms with Crippen molar-refractivity contribution >= 4 is 27.8 Å². The van der Waals surface area contributed by atoms with Crippen LogP contribution in [-0.4, -0.2) is 20.6 Å². The number of carbonyl (C=O) groups is 1. The van der Waals surface area contributed by atoms with Gasteiger partial charge in [0.2, 0.25) is 0 Å². The van der Waals surface area contributed by atoms with Gasteiger partial charge in [0.1, 0.15) is 0 Å². The van der Waals surface area contributed by atoms with Crippen molar-refractivity contribution in [3.63, 3.8) is 0 Å². The summed E-state index contributed by atoms with van der Waals surface area (Å²) >= 11 is 0. The van der Waals surface area contributed by atoms with Crippen molar-refractivity contribution in [2.75, 3.05) is 0 Å². The molecule has 4 nitrogen and oxygen atoms in total. The van der Waals surface area contributed by atoms with Gasteiger partial charge in [-0.2, -0.15) is 0 Å². The van der Waals surface area contributed by atoms with Crippen LogP contribution >= 0.6 is 0 Å². The first kappa shape index (κ1) is 16.9. The van der Waals surface area contributed by atoms with Crippen LogP contribution < -0.4 is 0 Å². The molecule has 0 unspecified atom stereocenters. The fourth-order valence-corrected chi connectivity index (χ4v) is 5.59. The van der Waals surface area contributed by atoms with Crippen molar-refractivity contribution in [1.82, 2.24) is 9.55 Å². The predicted octanol–water partition coefficient (Wildman–Crippen LogP) is 6.09. The smallest absolute Gasteiger partial charge is 0.335 e. The van der Waals surface area contributed by atoms with Crippen molar-refractivity contribution < 1.29 is 9.90 Å². The molecule has 2 aromatic heterocycles. The van der Waals surface area contributed by atoms with Gasteiger partial charge in [-0.3, -0.25) is 0 Å². The van der Waals surface area contributed by atoms with E-state index < -0.39 is 5.97 Å². The topological polar surface area (TPSA) is 58.0 Å². The standard InChI is InChI=1S/C25H24N2O2/c28-25(29)17-7-6-16-12-22-20-9-8-19(15-4-2-1-3-5-15)24-23(20)18(14-26-24)10-11-27(22)21(16)13-17/h6-9,12-15,26H,1-5,10-11H2,(H,28,29). The molecule has 0 radical (unpaired) electrons. The van der Waals surface area contributed by atoms with Crippen LogP contribution in [0.3, 0.4) is 0 Å². The first-order chi connectivity index (χ1) is 14.2. The van der Waals surface area contributed by atoms with Crippen LogP contribution in [0.2, 0.25) is 0 Å². The maximum Gasteiger partial charge on any atom is 0.335 e. The molecule has 1 saturated carbocycles. The number of hydrogen-bond donors (Lipinski definition) is 2. The number of carboxylic acids is 1. The molecule has 2 aromatic carbocycles. The van der Waals surface area contributed by atoms with E-state index in [1.165, 1.54) is 65.4 Å². The summed E-state index contributed by atoms with van der Waals surface area (Å²) in [7, 11) is 0. The number of fused-ring (bicyclic) bond motifs is 4. The van der Waals surface area contributed by atoms with Crippen molar-refractivity contribution in [3.8, 4) is 11.3 Å². The average molecular weight is 384 g/mol. The molecule has 1 fully saturated rings. The average Bonchev–Trinajstić information content (AvgIpc) is 3.29. The zero-order valence-electron chi connectivity index (χ0n) is 16.4. The molecule has 4 heteroatoms. The Balaban J connectivity index is 1.58. The van der Waals surface area contributed by atoms with Gasteiger partial charge < -0.3 is 14.7 Å². The lowest BCUT2D eigenvalue weighted by Crippen LogP contribution is -2.05. The molecular weight excluding hydrogens is 360 g/mol. The van der Waals surface area contributed by atoms with E-state index >= 15 is 0 Å². The molecule has 4 aromatic rings. The number of carboxylic acid groups (broad SMARTS) is 1. The Morgan fingerprint density at radius 2 is 1.93 bits per heavy atom. The van der Waals surface area contributed by atoms with Crippen LogP contribution in [0.15, 0.2) is 42.6 Å². The lowest BCUT2D eigenvalue weighted by atomic mass is 9.82. The molecule has 0 saturated heterocycles. The summed E-state index contributed by atoms with van der Waals surface area (Å²) in [6.07, 6.45) is 9.77. The third kappa shape index (κ3) is 2.48. The minimum absolute atomic E-state index is 0.348. The van der Waals surface area contributed by atoms with Crippen molar-refractivity contribution in [1.29, 1.82) is 0 Å². The van der Waals surface area contributed by atoms with Crippen LogP contribution in [0.1, 0.15) is 59.5 Å². The number of hydrogen-bond acceptors (Lipinski definition) is 1. The normalized spacial score (nSPS) is 16.8. The molecule has 146 valence electrons. The summed E-state index contributed by atoms with van der Waals surface area (Å²) in [6.45, 7) is 0.863. The fraction of sp³-hybridized carbons (Fsp3) is 0.320. The fourth-order valence-electron chi connectivity index (χ4n) is 5.59. The Morgan fingerprint density at radius 3 is 2.76 bits per heavy atom. The number of aryl methyl sites for hydroxylation is 2. The van der Waals surface area contributed by atoms with E-state index in [0.29, 0.717) is 11.5 Å². The zero-order valence-corrected chi connectivity index (χ0v) is 16.4. The highest BCUT2D eigenvalue weighted by Crippen LogP contribution is 2.43. The van der Waals surface area contributed by atoms with E-state index in [-0.39, 0.29) is 0 Å². The largest absolute Gasteiger partial charge is 0.478 e. The predicted molar refractivity (Wildman–Crippen MR) is 116 cm³/mol. The van der Waals surface area contributed by atoms with Crippen LogP contribution in [0.25, 0.3) is 33.1 Å². The van der Waals surface area contributed by atoms with Crippen molar-refractivity contribution in [2.24, 2.45) is 0 Å². The first-order valence-electron chi connectivity index (χ1n) is 10.7. The van der Waals surface area contributed by atoms with Crippen LogP contribution in [0, 0.1) is 0 Å². The maximum absolute atomic E-state index is 11.5. The Hall–Kier alpha value is -3.01. The SMILES string of the molecule is O=C(O)c1ccc2cc3n(c2c1)CCc1c[nH]c2c(C4CCCCC4)ccc-3c12. The molecule has 3 heterocycles. The second kappa shape index (κ2) is 6.24. The highest BCUT2D eigenvalue weighted by Gasteiger charge is 2.24. The number of aromatic nitrogens is 2. The summed E-state index contributed by atoms with van der Waals surface area (Å²) in [5.74, 6) is -0.210. The van der Waals surface area contributed by atoms with Gasteiger partial charge in [-0.1, -0.05) is 37.5 Å². The number of H-pyrrole nitrogens is 1. The quantitative estimate of drug-likeness (QED) is 0.439. The summed E-state index contributed by atoms with van der Waals surface area (Å²) in [5.41, 5.74) is 7.99. The molecule has 0 atom stereocenters. The number of nitrogens with one attached hydrogen (secondary N) is 1. The number of aromatic amines is 1. The molecule has 6 rings (SSSR count). The van der Waals surface area contributed by atoms with E-state index in [0.717, 1.165) is 23.9 Å². The summed E-state index contributed by atoms with van der Waals surface area (Å²) in [4.78, 5) is 15.1. The molecule has 0 amide bonds. The van der Waals surface area contributed by atoms with E-state index in [9.17, 15) is 9.90 Å². The van der Waals surface area contributed by atoms with Gasteiger partial charge in [0.05, 0.1) is 5.56 Å².